The van der Waals surface area contributed by atoms with E-state index < -0.39 is 5.97 Å². The maximum absolute atomic E-state index is 10.3. The van der Waals surface area contributed by atoms with E-state index in [4.69, 9.17) is 10.2 Å². The summed E-state index contributed by atoms with van der Waals surface area (Å²) >= 11 is 0. The van der Waals surface area contributed by atoms with Gasteiger partial charge < -0.3 is 10.2 Å². The number of hydrogen-bond donors (Lipinski definition) is 2. The number of aliphatic hydroxyl groups is 1. The van der Waals surface area contributed by atoms with Crippen molar-refractivity contribution in [3.63, 3.8) is 0 Å². The van der Waals surface area contributed by atoms with Crippen LogP contribution in [-0.2, 0) is 4.79 Å². The molecule has 4 heteroatoms. The lowest BCUT2D eigenvalue weighted by Gasteiger charge is -2.36. The summed E-state index contributed by atoms with van der Waals surface area (Å²) in [4.78, 5) is 12.3. The molecule has 11 heavy (non-hydrogen) atoms. The maximum atomic E-state index is 10.3. The normalized spacial score (nSPS) is 20.8. The summed E-state index contributed by atoms with van der Waals surface area (Å²) in [5.74, 6) is -0.837. The molecule has 1 unspecified atom stereocenters. The molecule has 0 aliphatic carbocycles. The van der Waals surface area contributed by atoms with E-state index in [0.29, 0.717) is 0 Å². The molecule has 1 rings (SSSR count). The van der Waals surface area contributed by atoms with Gasteiger partial charge in [0.1, 0.15) is 0 Å². The number of aliphatic carboxylic acids is 1. The van der Waals surface area contributed by atoms with Crippen LogP contribution in [-0.4, -0.2) is 46.8 Å². The molecule has 1 atom stereocenters. The molecule has 1 fully saturated rings. The Balaban J connectivity index is 2.29. The van der Waals surface area contributed by atoms with Gasteiger partial charge in [0.2, 0.25) is 0 Å². The molecule has 0 aromatic carbocycles. The van der Waals surface area contributed by atoms with Crippen LogP contribution in [0.2, 0.25) is 0 Å². The number of likely N-dealkylation sites (tertiary alicyclic amines) is 1. The monoisotopic (exact) mass is 159 g/mol. The van der Waals surface area contributed by atoms with Crippen molar-refractivity contribution >= 4 is 5.97 Å². The predicted octanol–water partition coefficient (Wildman–Crippen LogP) is -0.472. The molecular formula is C7H13NO3. The number of nitrogens with zero attached hydrogens (tertiary/aromatic N) is 1. The van der Waals surface area contributed by atoms with E-state index in [1.807, 2.05) is 4.90 Å². The van der Waals surface area contributed by atoms with Crippen molar-refractivity contribution in [2.24, 2.45) is 0 Å². The van der Waals surface area contributed by atoms with Gasteiger partial charge in [-0.1, -0.05) is 0 Å². The van der Waals surface area contributed by atoms with Crippen LogP contribution >= 0.6 is 0 Å². The number of rotatable bonds is 4. The number of carboxylic acid groups (broad SMARTS) is 1. The average Bonchev–Trinajstić information content (AvgIpc) is 1.81. The minimum Gasteiger partial charge on any atom is -0.481 e. The Labute approximate surface area is 65.4 Å². The van der Waals surface area contributed by atoms with Crippen LogP contribution in [0.4, 0.5) is 0 Å². The molecule has 4 nitrogen and oxygen atoms in total. The highest BCUT2D eigenvalue weighted by Crippen LogP contribution is 2.13. The van der Waals surface area contributed by atoms with Gasteiger partial charge in [-0.2, -0.15) is 0 Å². The van der Waals surface area contributed by atoms with Crippen molar-refractivity contribution in [1.82, 2.24) is 4.90 Å². The number of carbonyl (C=O) groups is 1. The Morgan fingerprint density at radius 2 is 2.18 bits per heavy atom. The number of aliphatic hydroxyl groups excluding tert-OH is 1. The Bertz CT molecular complexity index is 145. The molecule has 1 aliphatic heterocycles. The highest BCUT2D eigenvalue weighted by Gasteiger charge is 2.24. The largest absolute Gasteiger partial charge is 0.481 e. The summed E-state index contributed by atoms with van der Waals surface area (Å²) < 4.78 is 0. The van der Waals surface area contributed by atoms with Crippen molar-refractivity contribution in [1.29, 1.82) is 0 Å². The first kappa shape index (κ1) is 8.49. The first-order valence-corrected chi connectivity index (χ1v) is 3.80. The van der Waals surface area contributed by atoms with Crippen LogP contribution in [0.25, 0.3) is 0 Å². The number of hydrogen-bond acceptors (Lipinski definition) is 3. The zero-order chi connectivity index (χ0) is 8.27. The standard InChI is InChI=1S/C7H13NO3/c9-5-6(4-7(10)11)8-2-1-3-8/h6,9H,1-5H2,(H,10,11). The van der Waals surface area contributed by atoms with Crippen molar-refractivity contribution in [2.45, 2.75) is 18.9 Å². The van der Waals surface area contributed by atoms with Gasteiger partial charge in [0.15, 0.2) is 0 Å². The fourth-order valence-corrected chi connectivity index (χ4v) is 1.22. The first-order chi connectivity index (χ1) is 5.24. The van der Waals surface area contributed by atoms with Crippen LogP contribution in [0.15, 0.2) is 0 Å². The molecule has 64 valence electrons. The van der Waals surface area contributed by atoms with Crippen molar-refractivity contribution in [2.75, 3.05) is 19.7 Å². The smallest absolute Gasteiger partial charge is 0.305 e. The molecular weight excluding hydrogens is 146 g/mol. The third-order valence-corrected chi connectivity index (χ3v) is 2.03. The van der Waals surface area contributed by atoms with Gasteiger partial charge in [-0.15, -0.1) is 0 Å². The van der Waals surface area contributed by atoms with Crippen LogP contribution in [0.3, 0.4) is 0 Å². The molecule has 1 aliphatic rings. The summed E-state index contributed by atoms with van der Waals surface area (Å²) in [7, 11) is 0. The van der Waals surface area contributed by atoms with Crippen molar-refractivity contribution < 1.29 is 15.0 Å². The molecule has 1 heterocycles. The minimum absolute atomic E-state index is 0.0493. The Hall–Kier alpha value is -0.610. The van der Waals surface area contributed by atoms with Crippen LogP contribution in [0.1, 0.15) is 12.8 Å². The lowest BCUT2D eigenvalue weighted by atomic mass is 10.1. The van der Waals surface area contributed by atoms with E-state index >= 15 is 0 Å². The lowest BCUT2D eigenvalue weighted by Crippen LogP contribution is -2.47. The predicted molar refractivity (Wildman–Crippen MR) is 39.3 cm³/mol. The molecule has 0 bridgehead atoms. The van der Waals surface area contributed by atoms with Gasteiger partial charge in [0, 0.05) is 6.04 Å². The Kier molecular flexibility index (Phi) is 2.84. The first-order valence-electron chi connectivity index (χ1n) is 3.80. The zero-order valence-corrected chi connectivity index (χ0v) is 6.36. The van der Waals surface area contributed by atoms with Gasteiger partial charge in [-0.3, -0.25) is 9.69 Å². The summed E-state index contributed by atoms with van der Waals surface area (Å²) in [6.07, 6.45) is 1.17. The van der Waals surface area contributed by atoms with E-state index in [-0.39, 0.29) is 19.1 Å². The van der Waals surface area contributed by atoms with E-state index in [2.05, 4.69) is 0 Å². The second-order valence-electron chi connectivity index (χ2n) is 2.82. The third kappa shape index (κ3) is 2.17. The highest BCUT2D eigenvalue weighted by atomic mass is 16.4. The minimum atomic E-state index is -0.837. The van der Waals surface area contributed by atoms with E-state index in [0.717, 1.165) is 19.5 Å². The Morgan fingerprint density at radius 3 is 2.45 bits per heavy atom. The second-order valence-corrected chi connectivity index (χ2v) is 2.82. The molecule has 0 radical (unpaired) electrons. The van der Waals surface area contributed by atoms with Gasteiger partial charge >= 0.3 is 5.97 Å². The topological polar surface area (TPSA) is 60.8 Å². The van der Waals surface area contributed by atoms with E-state index in [1.165, 1.54) is 0 Å². The molecule has 2 N–H and O–H groups in total. The highest BCUT2D eigenvalue weighted by molar-refractivity contribution is 5.67. The lowest BCUT2D eigenvalue weighted by molar-refractivity contribution is -0.139. The summed E-state index contributed by atoms with van der Waals surface area (Å²) in [5.41, 5.74) is 0. The fraction of sp³-hybridized carbons (Fsp3) is 0.857. The summed E-state index contributed by atoms with van der Waals surface area (Å²) in [6.45, 7) is 1.81. The second kappa shape index (κ2) is 3.69. The van der Waals surface area contributed by atoms with Gasteiger partial charge in [-0.05, 0) is 19.5 Å². The SMILES string of the molecule is O=C(O)CC(CO)N1CCC1. The molecule has 0 amide bonds. The summed E-state index contributed by atoms with van der Waals surface area (Å²) in [6, 6.07) is -0.166. The quantitative estimate of drug-likeness (QED) is 0.582. The van der Waals surface area contributed by atoms with Crippen LogP contribution in [0, 0.1) is 0 Å². The maximum Gasteiger partial charge on any atom is 0.305 e. The fourth-order valence-electron chi connectivity index (χ4n) is 1.22. The van der Waals surface area contributed by atoms with Crippen molar-refractivity contribution in [3.05, 3.63) is 0 Å². The molecule has 1 saturated heterocycles. The van der Waals surface area contributed by atoms with E-state index in [1.54, 1.807) is 0 Å². The average molecular weight is 159 g/mol. The van der Waals surface area contributed by atoms with E-state index in [9.17, 15) is 4.79 Å². The molecule has 0 spiro atoms. The number of carboxylic acids is 1. The van der Waals surface area contributed by atoms with Gasteiger partial charge in [-0.25, -0.2) is 0 Å². The van der Waals surface area contributed by atoms with Crippen LogP contribution in [0.5, 0.6) is 0 Å². The Morgan fingerprint density at radius 1 is 1.55 bits per heavy atom. The van der Waals surface area contributed by atoms with Gasteiger partial charge in [0.05, 0.1) is 13.0 Å². The molecule has 0 saturated carbocycles. The molecule has 0 aromatic heterocycles. The van der Waals surface area contributed by atoms with Gasteiger partial charge in [0.25, 0.3) is 0 Å². The van der Waals surface area contributed by atoms with Crippen molar-refractivity contribution in [3.8, 4) is 0 Å². The third-order valence-electron chi connectivity index (χ3n) is 2.03. The molecule has 0 aromatic rings. The summed E-state index contributed by atoms with van der Waals surface area (Å²) in [5, 5.41) is 17.3. The van der Waals surface area contributed by atoms with Crippen LogP contribution < -0.4 is 0 Å². The zero-order valence-electron chi connectivity index (χ0n) is 6.36.